The third-order valence-corrected chi connectivity index (χ3v) is 1.16. The smallest absolute Gasteiger partial charge is 0.303 e. The fraction of sp³-hybridized carbons (Fsp3) is 0.500. The topological polar surface area (TPSA) is 63.6 Å². The number of rotatable bonds is 4. The molecule has 0 heterocycles. The largest absolute Gasteiger partial charge is 0.456 e. The Balaban J connectivity index is 4.13. The fourth-order valence-electron chi connectivity index (χ4n) is 0.645. The number of carbonyl (C=O) groups is 2. The summed E-state index contributed by atoms with van der Waals surface area (Å²) in [7, 11) is 0. The van der Waals surface area contributed by atoms with Crippen molar-refractivity contribution in [1.29, 1.82) is 0 Å². The van der Waals surface area contributed by atoms with E-state index >= 15 is 0 Å². The molecule has 12 heavy (non-hydrogen) atoms. The first-order valence-corrected chi connectivity index (χ1v) is 3.55. The van der Waals surface area contributed by atoms with E-state index in [0.717, 1.165) is 0 Å². The van der Waals surface area contributed by atoms with E-state index in [0.29, 0.717) is 6.29 Å². The second-order valence-electron chi connectivity index (χ2n) is 2.34. The van der Waals surface area contributed by atoms with E-state index in [4.69, 9.17) is 5.11 Å². The molecule has 0 spiro atoms. The van der Waals surface area contributed by atoms with Gasteiger partial charge in [0, 0.05) is 6.92 Å². The first kappa shape index (κ1) is 10.8. The number of hydrogen-bond donors (Lipinski definition) is 1. The van der Waals surface area contributed by atoms with Gasteiger partial charge in [-0.2, -0.15) is 0 Å². The van der Waals surface area contributed by atoms with E-state index < -0.39 is 18.2 Å². The zero-order valence-corrected chi connectivity index (χ0v) is 7.06. The lowest BCUT2D eigenvalue weighted by Gasteiger charge is -2.14. The molecule has 0 aliphatic carbocycles. The monoisotopic (exact) mass is 172 g/mol. The number of ether oxygens (including phenoxy) is 1. The molecule has 0 rings (SSSR count). The Morgan fingerprint density at radius 1 is 1.58 bits per heavy atom. The van der Waals surface area contributed by atoms with E-state index in [-0.39, 0.29) is 0 Å². The number of aliphatic hydroxyl groups excluding tert-OH is 1. The van der Waals surface area contributed by atoms with Crippen LogP contribution >= 0.6 is 0 Å². The molecule has 4 heteroatoms. The van der Waals surface area contributed by atoms with Crippen LogP contribution in [0.2, 0.25) is 0 Å². The molecule has 68 valence electrons. The van der Waals surface area contributed by atoms with E-state index in [1.165, 1.54) is 26.0 Å². The van der Waals surface area contributed by atoms with Crippen LogP contribution in [0.1, 0.15) is 13.8 Å². The zero-order valence-electron chi connectivity index (χ0n) is 7.06. The van der Waals surface area contributed by atoms with Gasteiger partial charge in [-0.25, -0.2) is 0 Å². The van der Waals surface area contributed by atoms with E-state index in [1.807, 2.05) is 0 Å². The number of aldehydes is 1. The van der Waals surface area contributed by atoms with Crippen molar-refractivity contribution >= 4 is 12.3 Å². The number of allylic oxidation sites excluding steroid dienone is 1. The van der Waals surface area contributed by atoms with Crippen LogP contribution in [0, 0.1) is 0 Å². The molecule has 0 unspecified atom stereocenters. The summed E-state index contributed by atoms with van der Waals surface area (Å²) >= 11 is 0. The standard InChI is InChI=1S/C8H12O4/c1-6(10)8(4-3-5-9)12-7(2)11/h3-6,8,10H,1-2H3/b4-3+/t6-,8+/m0/s1. The third-order valence-electron chi connectivity index (χ3n) is 1.16. The highest BCUT2D eigenvalue weighted by Crippen LogP contribution is 2.00. The normalized spacial score (nSPS) is 15.6. The highest BCUT2D eigenvalue weighted by molar-refractivity contribution is 5.67. The SMILES string of the molecule is CC(=O)O[C@H](/C=C/C=O)[C@H](C)O. The molecular formula is C8H12O4. The molecule has 4 nitrogen and oxygen atoms in total. The summed E-state index contributed by atoms with van der Waals surface area (Å²) in [6, 6.07) is 0. The summed E-state index contributed by atoms with van der Waals surface area (Å²) in [6.45, 7) is 2.72. The molecule has 0 aromatic heterocycles. The second kappa shape index (κ2) is 5.49. The maximum Gasteiger partial charge on any atom is 0.303 e. The average Bonchev–Trinajstić information content (AvgIpc) is 1.96. The van der Waals surface area contributed by atoms with Crippen LogP contribution < -0.4 is 0 Å². The first-order valence-electron chi connectivity index (χ1n) is 3.55. The van der Waals surface area contributed by atoms with Gasteiger partial charge in [0.05, 0.1) is 6.10 Å². The third kappa shape index (κ3) is 4.62. The van der Waals surface area contributed by atoms with Gasteiger partial charge < -0.3 is 9.84 Å². The van der Waals surface area contributed by atoms with Gasteiger partial charge in [-0.1, -0.05) is 0 Å². The van der Waals surface area contributed by atoms with Gasteiger partial charge in [0.1, 0.15) is 12.4 Å². The molecule has 0 aromatic rings. The van der Waals surface area contributed by atoms with Crippen molar-refractivity contribution in [3.05, 3.63) is 12.2 Å². The van der Waals surface area contributed by atoms with E-state index in [9.17, 15) is 9.59 Å². The zero-order chi connectivity index (χ0) is 9.56. The lowest BCUT2D eigenvalue weighted by atomic mass is 10.2. The van der Waals surface area contributed by atoms with E-state index in [2.05, 4.69) is 4.74 Å². The molecule has 0 bridgehead atoms. The summed E-state index contributed by atoms with van der Waals surface area (Å²) in [6.07, 6.45) is 1.51. The lowest BCUT2D eigenvalue weighted by Crippen LogP contribution is -2.26. The predicted octanol–water partition coefficient (Wildman–Crippen LogP) is 0.0540. The Labute approximate surface area is 70.8 Å². The Morgan fingerprint density at radius 2 is 2.17 bits per heavy atom. The van der Waals surface area contributed by atoms with Crippen molar-refractivity contribution < 1.29 is 19.4 Å². The maximum absolute atomic E-state index is 10.5. The first-order chi connectivity index (χ1) is 5.57. The Hall–Kier alpha value is -1.16. The van der Waals surface area contributed by atoms with Crippen molar-refractivity contribution in [1.82, 2.24) is 0 Å². The van der Waals surface area contributed by atoms with Gasteiger partial charge in [0.2, 0.25) is 0 Å². The average molecular weight is 172 g/mol. The molecule has 0 radical (unpaired) electrons. The van der Waals surface area contributed by atoms with Gasteiger partial charge in [-0.05, 0) is 19.1 Å². The quantitative estimate of drug-likeness (QED) is 0.370. The minimum Gasteiger partial charge on any atom is -0.456 e. The number of esters is 1. The van der Waals surface area contributed by atoms with E-state index in [1.54, 1.807) is 0 Å². The van der Waals surface area contributed by atoms with Gasteiger partial charge in [-0.15, -0.1) is 0 Å². The van der Waals surface area contributed by atoms with Crippen LogP contribution in [0.5, 0.6) is 0 Å². The summed E-state index contributed by atoms with van der Waals surface area (Å²) in [5, 5.41) is 9.04. The molecule has 2 atom stereocenters. The van der Waals surface area contributed by atoms with Crippen LogP contribution in [-0.4, -0.2) is 29.6 Å². The molecule has 0 aliphatic rings. The molecular weight excluding hydrogens is 160 g/mol. The van der Waals surface area contributed by atoms with Gasteiger partial charge in [-0.3, -0.25) is 9.59 Å². The Bertz CT molecular complexity index is 183. The van der Waals surface area contributed by atoms with Crippen LogP contribution in [0.25, 0.3) is 0 Å². The van der Waals surface area contributed by atoms with Crippen LogP contribution in [0.4, 0.5) is 0 Å². The van der Waals surface area contributed by atoms with Crippen LogP contribution in [-0.2, 0) is 14.3 Å². The molecule has 0 fully saturated rings. The number of aliphatic hydroxyl groups is 1. The molecule has 0 amide bonds. The maximum atomic E-state index is 10.5. The minimum absolute atomic E-state index is 0.489. The Kier molecular flexibility index (Phi) is 4.96. The lowest BCUT2D eigenvalue weighted by molar-refractivity contribution is -0.148. The van der Waals surface area contributed by atoms with Crippen molar-refractivity contribution in [3.8, 4) is 0 Å². The number of hydrogen-bond acceptors (Lipinski definition) is 4. The van der Waals surface area contributed by atoms with Crippen LogP contribution in [0.3, 0.4) is 0 Å². The van der Waals surface area contributed by atoms with Crippen molar-refractivity contribution in [3.63, 3.8) is 0 Å². The predicted molar refractivity (Wildman–Crippen MR) is 42.4 cm³/mol. The van der Waals surface area contributed by atoms with Gasteiger partial charge in [0.25, 0.3) is 0 Å². The molecule has 0 aliphatic heterocycles. The number of carbonyl (C=O) groups excluding carboxylic acids is 2. The van der Waals surface area contributed by atoms with Crippen LogP contribution in [0.15, 0.2) is 12.2 Å². The summed E-state index contributed by atoms with van der Waals surface area (Å²) in [5.74, 6) is -0.489. The fourth-order valence-corrected chi connectivity index (χ4v) is 0.645. The van der Waals surface area contributed by atoms with Crippen molar-refractivity contribution in [2.45, 2.75) is 26.1 Å². The molecule has 1 N–H and O–H groups in total. The van der Waals surface area contributed by atoms with Gasteiger partial charge in [0.15, 0.2) is 0 Å². The minimum atomic E-state index is -0.815. The van der Waals surface area contributed by atoms with Crippen molar-refractivity contribution in [2.24, 2.45) is 0 Å². The molecule has 0 saturated heterocycles. The highest BCUT2D eigenvalue weighted by atomic mass is 16.6. The summed E-state index contributed by atoms with van der Waals surface area (Å²) in [5.41, 5.74) is 0. The van der Waals surface area contributed by atoms with Gasteiger partial charge >= 0.3 is 5.97 Å². The van der Waals surface area contributed by atoms with Crippen molar-refractivity contribution in [2.75, 3.05) is 0 Å². The highest BCUT2D eigenvalue weighted by Gasteiger charge is 2.13. The second-order valence-corrected chi connectivity index (χ2v) is 2.34. The molecule has 0 saturated carbocycles. The summed E-state index contributed by atoms with van der Waals surface area (Å²) in [4.78, 5) is 20.4. The molecule has 0 aromatic carbocycles. The summed E-state index contributed by atoms with van der Waals surface area (Å²) < 4.78 is 4.68. The Morgan fingerprint density at radius 3 is 2.50 bits per heavy atom.